The first kappa shape index (κ1) is 12.9. The largest absolute Gasteiger partial charge is 0.241 e. The Morgan fingerprint density at radius 1 is 1.11 bits per heavy atom. The standard InChI is InChI=1S/C14H14ClNO2S/c15-12-8-1-4-10-5-2-9-13(14(10)12)19(17,18)16-11-6-3-7-11/h1-2,4-5,8-9,11,16H,3,6-7H2. The molecule has 0 bridgehead atoms. The summed E-state index contributed by atoms with van der Waals surface area (Å²) in [5.74, 6) is 0. The number of hydrogen-bond acceptors (Lipinski definition) is 2. The summed E-state index contributed by atoms with van der Waals surface area (Å²) in [7, 11) is -3.50. The molecule has 0 heterocycles. The Labute approximate surface area is 117 Å². The maximum absolute atomic E-state index is 12.4. The zero-order chi connectivity index (χ0) is 13.5. The third kappa shape index (κ3) is 2.36. The molecule has 0 unspecified atom stereocenters. The van der Waals surface area contributed by atoms with Gasteiger partial charge in [0.2, 0.25) is 10.0 Å². The van der Waals surface area contributed by atoms with Crippen molar-refractivity contribution in [2.24, 2.45) is 0 Å². The summed E-state index contributed by atoms with van der Waals surface area (Å²) >= 11 is 6.16. The number of rotatable bonds is 3. The van der Waals surface area contributed by atoms with Gasteiger partial charge >= 0.3 is 0 Å². The minimum absolute atomic E-state index is 0.0720. The lowest BCUT2D eigenvalue weighted by Gasteiger charge is -2.26. The van der Waals surface area contributed by atoms with Gasteiger partial charge in [-0.25, -0.2) is 13.1 Å². The van der Waals surface area contributed by atoms with Gasteiger partial charge in [0.05, 0.1) is 4.90 Å². The van der Waals surface area contributed by atoms with Crippen LogP contribution in [0.3, 0.4) is 0 Å². The molecule has 0 radical (unpaired) electrons. The fourth-order valence-electron chi connectivity index (χ4n) is 2.30. The van der Waals surface area contributed by atoms with E-state index in [1.165, 1.54) is 0 Å². The highest BCUT2D eigenvalue weighted by Crippen LogP contribution is 2.30. The Bertz CT molecular complexity index is 718. The number of fused-ring (bicyclic) bond motifs is 1. The van der Waals surface area contributed by atoms with E-state index in [1.807, 2.05) is 18.2 Å². The number of nitrogens with one attached hydrogen (secondary N) is 1. The van der Waals surface area contributed by atoms with Crippen LogP contribution in [0.4, 0.5) is 0 Å². The summed E-state index contributed by atoms with van der Waals surface area (Å²) in [6.45, 7) is 0. The minimum atomic E-state index is -3.50. The Balaban J connectivity index is 2.13. The van der Waals surface area contributed by atoms with Gasteiger partial charge in [-0.3, -0.25) is 0 Å². The first-order chi connectivity index (χ1) is 9.08. The molecule has 0 saturated heterocycles. The smallest absolute Gasteiger partial charge is 0.208 e. The third-order valence-electron chi connectivity index (χ3n) is 3.53. The molecule has 1 saturated carbocycles. The van der Waals surface area contributed by atoms with E-state index >= 15 is 0 Å². The maximum Gasteiger partial charge on any atom is 0.241 e. The summed E-state index contributed by atoms with van der Waals surface area (Å²) < 4.78 is 27.6. The van der Waals surface area contributed by atoms with E-state index in [0.29, 0.717) is 10.4 Å². The molecule has 100 valence electrons. The van der Waals surface area contributed by atoms with Crippen LogP contribution < -0.4 is 4.72 Å². The first-order valence-corrected chi connectivity index (χ1v) is 8.13. The molecule has 19 heavy (non-hydrogen) atoms. The van der Waals surface area contributed by atoms with Gasteiger partial charge in [0.25, 0.3) is 0 Å². The van der Waals surface area contributed by atoms with Crippen molar-refractivity contribution in [1.82, 2.24) is 4.72 Å². The highest BCUT2D eigenvalue weighted by atomic mass is 35.5. The number of hydrogen-bond donors (Lipinski definition) is 1. The fraction of sp³-hybridized carbons (Fsp3) is 0.286. The zero-order valence-electron chi connectivity index (χ0n) is 10.3. The molecule has 0 spiro atoms. The van der Waals surface area contributed by atoms with E-state index in [9.17, 15) is 8.42 Å². The van der Waals surface area contributed by atoms with Gasteiger partial charge in [0, 0.05) is 16.5 Å². The van der Waals surface area contributed by atoms with Gasteiger partial charge in [0.15, 0.2) is 0 Å². The average molecular weight is 296 g/mol. The molecule has 1 aliphatic rings. The topological polar surface area (TPSA) is 46.2 Å². The lowest BCUT2D eigenvalue weighted by molar-refractivity contribution is 0.383. The second-order valence-electron chi connectivity index (χ2n) is 4.84. The number of benzene rings is 2. The second kappa shape index (κ2) is 4.78. The van der Waals surface area contributed by atoms with Crippen molar-refractivity contribution >= 4 is 32.4 Å². The second-order valence-corrected chi connectivity index (χ2v) is 6.93. The van der Waals surface area contributed by atoms with Gasteiger partial charge < -0.3 is 0 Å². The Hall–Kier alpha value is -1.10. The van der Waals surface area contributed by atoms with Crippen LogP contribution in [0.2, 0.25) is 5.02 Å². The molecule has 3 rings (SSSR count). The Morgan fingerprint density at radius 3 is 2.42 bits per heavy atom. The van der Waals surface area contributed by atoms with E-state index < -0.39 is 10.0 Å². The van der Waals surface area contributed by atoms with Gasteiger partial charge in [-0.05, 0) is 30.4 Å². The monoisotopic (exact) mass is 295 g/mol. The van der Waals surface area contributed by atoms with Crippen LogP contribution in [-0.4, -0.2) is 14.5 Å². The molecule has 1 N–H and O–H groups in total. The van der Waals surface area contributed by atoms with Gasteiger partial charge in [0.1, 0.15) is 0 Å². The van der Waals surface area contributed by atoms with E-state index in [0.717, 1.165) is 24.6 Å². The van der Waals surface area contributed by atoms with Crippen LogP contribution in [0.1, 0.15) is 19.3 Å². The van der Waals surface area contributed by atoms with Gasteiger partial charge in [-0.15, -0.1) is 0 Å². The molecule has 3 nitrogen and oxygen atoms in total. The van der Waals surface area contributed by atoms with Crippen LogP contribution in [0.15, 0.2) is 41.3 Å². The summed E-state index contributed by atoms with van der Waals surface area (Å²) in [6, 6.07) is 10.7. The quantitative estimate of drug-likeness (QED) is 0.944. The molecule has 0 atom stereocenters. The van der Waals surface area contributed by atoms with Crippen LogP contribution in [-0.2, 0) is 10.0 Å². The van der Waals surface area contributed by atoms with E-state index in [4.69, 9.17) is 11.6 Å². The summed E-state index contributed by atoms with van der Waals surface area (Å²) in [4.78, 5) is 0.266. The molecule has 2 aromatic carbocycles. The van der Waals surface area contributed by atoms with Crippen molar-refractivity contribution in [1.29, 1.82) is 0 Å². The molecule has 1 fully saturated rings. The van der Waals surface area contributed by atoms with Crippen LogP contribution >= 0.6 is 11.6 Å². The number of halogens is 1. The van der Waals surface area contributed by atoms with Crippen LogP contribution in [0, 0.1) is 0 Å². The molecule has 0 aromatic heterocycles. The van der Waals surface area contributed by atoms with Crippen molar-refractivity contribution < 1.29 is 8.42 Å². The van der Waals surface area contributed by atoms with E-state index in [2.05, 4.69) is 4.72 Å². The van der Waals surface area contributed by atoms with Crippen LogP contribution in [0.25, 0.3) is 10.8 Å². The predicted molar refractivity (Wildman–Crippen MR) is 76.9 cm³/mol. The molecule has 0 amide bonds. The lowest BCUT2D eigenvalue weighted by Crippen LogP contribution is -2.39. The molecule has 1 aliphatic carbocycles. The molecule has 0 aliphatic heterocycles. The molecular weight excluding hydrogens is 282 g/mol. The lowest BCUT2D eigenvalue weighted by atomic mass is 9.94. The van der Waals surface area contributed by atoms with Crippen molar-refractivity contribution in [3.8, 4) is 0 Å². The molecule has 2 aromatic rings. The highest BCUT2D eigenvalue weighted by molar-refractivity contribution is 7.89. The van der Waals surface area contributed by atoms with Gasteiger partial charge in [-0.2, -0.15) is 0 Å². The van der Waals surface area contributed by atoms with Crippen molar-refractivity contribution in [3.63, 3.8) is 0 Å². The summed E-state index contributed by atoms with van der Waals surface area (Å²) in [6.07, 6.45) is 2.92. The van der Waals surface area contributed by atoms with E-state index in [-0.39, 0.29) is 10.9 Å². The van der Waals surface area contributed by atoms with Crippen molar-refractivity contribution in [2.75, 3.05) is 0 Å². The third-order valence-corrected chi connectivity index (χ3v) is 5.41. The minimum Gasteiger partial charge on any atom is -0.208 e. The molecular formula is C14H14ClNO2S. The number of sulfonamides is 1. The zero-order valence-corrected chi connectivity index (χ0v) is 11.8. The van der Waals surface area contributed by atoms with Gasteiger partial charge in [-0.1, -0.05) is 42.3 Å². The fourth-order valence-corrected chi connectivity index (χ4v) is 4.19. The first-order valence-electron chi connectivity index (χ1n) is 6.27. The predicted octanol–water partition coefficient (Wildman–Crippen LogP) is 3.32. The highest BCUT2D eigenvalue weighted by Gasteiger charge is 2.26. The van der Waals surface area contributed by atoms with Crippen molar-refractivity contribution in [3.05, 3.63) is 41.4 Å². The summed E-state index contributed by atoms with van der Waals surface area (Å²) in [5, 5.41) is 1.90. The SMILES string of the molecule is O=S(=O)(NC1CCC1)c1cccc2cccc(Cl)c12. The van der Waals surface area contributed by atoms with Crippen molar-refractivity contribution in [2.45, 2.75) is 30.2 Å². The molecule has 5 heteroatoms. The average Bonchev–Trinajstić information content (AvgIpc) is 2.34. The maximum atomic E-state index is 12.4. The normalized spacial score (nSPS) is 16.5. The summed E-state index contributed by atoms with van der Waals surface area (Å²) in [5.41, 5.74) is 0. The Kier molecular flexibility index (Phi) is 3.25. The van der Waals surface area contributed by atoms with E-state index in [1.54, 1.807) is 18.2 Å². The van der Waals surface area contributed by atoms with Crippen LogP contribution in [0.5, 0.6) is 0 Å². The Morgan fingerprint density at radius 2 is 1.79 bits per heavy atom.